The van der Waals surface area contributed by atoms with Gasteiger partial charge in [-0.05, 0) is 63.0 Å². The van der Waals surface area contributed by atoms with E-state index in [-0.39, 0.29) is 11.9 Å². The molecule has 1 aromatic rings. The molecule has 1 unspecified atom stereocenters. The maximum atomic E-state index is 13.8. The van der Waals surface area contributed by atoms with E-state index < -0.39 is 0 Å². The molecule has 0 aliphatic carbocycles. The lowest BCUT2D eigenvalue weighted by atomic mass is 10.0. The molecular weight excluding hydrogens is 253 g/mol. The third kappa shape index (κ3) is 3.30. The van der Waals surface area contributed by atoms with Gasteiger partial charge in [-0.1, -0.05) is 0 Å². The molecule has 4 heteroatoms. The van der Waals surface area contributed by atoms with E-state index >= 15 is 0 Å². The minimum absolute atomic E-state index is 0.159. The SMILES string of the molecule is Cc1cc(N(C)CC2CCN(C)C2)c([C@@H](C)N)cc1F. The van der Waals surface area contributed by atoms with Crippen LogP contribution in [-0.4, -0.2) is 38.6 Å². The van der Waals surface area contributed by atoms with Crippen molar-refractivity contribution < 1.29 is 4.39 Å². The zero-order chi connectivity index (χ0) is 14.9. The average molecular weight is 279 g/mol. The number of nitrogens with two attached hydrogens (primary N) is 1. The molecule has 0 amide bonds. The number of hydrogen-bond acceptors (Lipinski definition) is 3. The van der Waals surface area contributed by atoms with E-state index in [1.54, 1.807) is 13.0 Å². The van der Waals surface area contributed by atoms with Crippen molar-refractivity contribution in [2.75, 3.05) is 38.6 Å². The van der Waals surface area contributed by atoms with Crippen LogP contribution in [0.5, 0.6) is 0 Å². The molecule has 0 saturated carbocycles. The highest BCUT2D eigenvalue weighted by molar-refractivity contribution is 5.56. The summed E-state index contributed by atoms with van der Waals surface area (Å²) < 4.78 is 13.8. The second-order valence-corrected chi connectivity index (χ2v) is 6.25. The van der Waals surface area contributed by atoms with Crippen molar-refractivity contribution in [3.05, 3.63) is 29.1 Å². The Morgan fingerprint density at radius 3 is 2.75 bits per heavy atom. The van der Waals surface area contributed by atoms with Crippen molar-refractivity contribution >= 4 is 5.69 Å². The van der Waals surface area contributed by atoms with Gasteiger partial charge in [-0.2, -0.15) is 0 Å². The van der Waals surface area contributed by atoms with E-state index in [2.05, 4.69) is 23.9 Å². The highest BCUT2D eigenvalue weighted by Crippen LogP contribution is 2.29. The molecule has 1 heterocycles. The lowest BCUT2D eigenvalue weighted by Crippen LogP contribution is -2.28. The second-order valence-electron chi connectivity index (χ2n) is 6.25. The van der Waals surface area contributed by atoms with Crippen molar-refractivity contribution in [3.8, 4) is 0 Å². The van der Waals surface area contributed by atoms with Crippen molar-refractivity contribution in [1.29, 1.82) is 0 Å². The molecule has 1 saturated heterocycles. The van der Waals surface area contributed by atoms with Gasteiger partial charge in [-0.25, -0.2) is 4.39 Å². The summed E-state index contributed by atoms with van der Waals surface area (Å²) in [4.78, 5) is 4.59. The van der Waals surface area contributed by atoms with Crippen LogP contribution in [0.2, 0.25) is 0 Å². The lowest BCUT2D eigenvalue weighted by Gasteiger charge is -2.27. The molecule has 0 radical (unpaired) electrons. The van der Waals surface area contributed by atoms with Crippen LogP contribution in [0, 0.1) is 18.7 Å². The van der Waals surface area contributed by atoms with Crippen LogP contribution in [0.1, 0.15) is 30.5 Å². The van der Waals surface area contributed by atoms with E-state index in [0.717, 1.165) is 24.3 Å². The second kappa shape index (κ2) is 6.10. The smallest absolute Gasteiger partial charge is 0.126 e. The largest absolute Gasteiger partial charge is 0.374 e. The van der Waals surface area contributed by atoms with Gasteiger partial charge in [0.2, 0.25) is 0 Å². The Morgan fingerprint density at radius 1 is 1.50 bits per heavy atom. The van der Waals surface area contributed by atoms with Crippen molar-refractivity contribution in [1.82, 2.24) is 4.90 Å². The van der Waals surface area contributed by atoms with Gasteiger partial charge >= 0.3 is 0 Å². The average Bonchev–Trinajstić information content (AvgIpc) is 2.77. The van der Waals surface area contributed by atoms with Crippen molar-refractivity contribution in [2.24, 2.45) is 11.7 Å². The highest BCUT2D eigenvalue weighted by Gasteiger charge is 2.22. The summed E-state index contributed by atoms with van der Waals surface area (Å²) in [5, 5.41) is 0. The van der Waals surface area contributed by atoms with Gasteiger partial charge in [0, 0.05) is 31.9 Å². The number of halogens is 1. The predicted octanol–water partition coefficient (Wildman–Crippen LogP) is 2.54. The van der Waals surface area contributed by atoms with Gasteiger partial charge in [0.05, 0.1) is 0 Å². The van der Waals surface area contributed by atoms with Crippen molar-refractivity contribution in [3.63, 3.8) is 0 Å². The van der Waals surface area contributed by atoms with Crippen LogP contribution in [0.25, 0.3) is 0 Å². The lowest BCUT2D eigenvalue weighted by molar-refractivity contribution is 0.396. The molecule has 20 heavy (non-hydrogen) atoms. The Kier molecular flexibility index (Phi) is 4.66. The van der Waals surface area contributed by atoms with E-state index in [0.29, 0.717) is 11.5 Å². The molecule has 1 aliphatic rings. The molecule has 1 aliphatic heterocycles. The van der Waals surface area contributed by atoms with Crippen molar-refractivity contribution in [2.45, 2.75) is 26.3 Å². The maximum absolute atomic E-state index is 13.8. The molecule has 2 atom stereocenters. The van der Waals surface area contributed by atoms with Crippen LogP contribution in [-0.2, 0) is 0 Å². The highest BCUT2D eigenvalue weighted by atomic mass is 19.1. The number of nitrogens with zero attached hydrogens (tertiary/aromatic N) is 2. The quantitative estimate of drug-likeness (QED) is 0.919. The number of benzene rings is 1. The molecule has 1 aromatic carbocycles. The molecule has 2 N–H and O–H groups in total. The molecule has 0 bridgehead atoms. The van der Waals surface area contributed by atoms with Crippen LogP contribution in [0.4, 0.5) is 10.1 Å². The monoisotopic (exact) mass is 279 g/mol. The standard InChI is InChI=1S/C16H26FN3/c1-11-7-16(14(12(2)18)8-15(11)17)20(4)10-13-5-6-19(3)9-13/h7-8,12-13H,5-6,9-10,18H2,1-4H3/t12-,13?/m1/s1. The van der Waals surface area contributed by atoms with Crippen LogP contribution >= 0.6 is 0 Å². The third-order valence-electron chi connectivity index (χ3n) is 4.23. The van der Waals surface area contributed by atoms with E-state index in [1.165, 1.54) is 13.0 Å². The third-order valence-corrected chi connectivity index (χ3v) is 4.23. The van der Waals surface area contributed by atoms with E-state index in [4.69, 9.17) is 5.73 Å². The molecule has 3 nitrogen and oxygen atoms in total. The first-order chi connectivity index (χ1) is 9.38. The summed E-state index contributed by atoms with van der Waals surface area (Å²) in [6.07, 6.45) is 1.23. The number of rotatable bonds is 4. The van der Waals surface area contributed by atoms with Gasteiger partial charge in [0.15, 0.2) is 0 Å². The Hall–Kier alpha value is -1.13. The first kappa shape index (κ1) is 15.3. The fourth-order valence-electron chi connectivity index (χ4n) is 3.04. The van der Waals surface area contributed by atoms with E-state index in [1.807, 2.05) is 13.0 Å². The minimum Gasteiger partial charge on any atom is -0.374 e. The molecule has 112 valence electrons. The predicted molar refractivity (Wildman–Crippen MR) is 82.6 cm³/mol. The van der Waals surface area contributed by atoms with Gasteiger partial charge in [0.25, 0.3) is 0 Å². The summed E-state index contributed by atoms with van der Waals surface area (Å²) in [5.41, 5.74) is 8.63. The number of hydrogen-bond donors (Lipinski definition) is 1. The van der Waals surface area contributed by atoms with Crippen LogP contribution in [0.15, 0.2) is 12.1 Å². The Bertz CT molecular complexity index is 473. The van der Waals surface area contributed by atoms with Crippen LogP contribution < -0.4 is 10.6 Å². The number of anilines is 1. The minimum atomic E-state index is -0.171. The Morgan fingerprint density at radius 2 is 2.20 bits per heavy atom. The summed E-state index contributed by atoms with van der Waals surface area (Å²) in [5.74, 6) is 0.506. The van der Waals surface area contributed by atoms with E-state index in [9.17, 15) is 4.39 Å². The molecular formula is C16H26FN3. The summed E-state index contributed by atoms with van der Waals surface area (Å²) in [7, 11) is 4.24. The zero-order valence-electron chi connectivity index (χ0n) is 13.0. The topological polar surface area (TPSA) is 32.5 Å². The zero-order valence-corrected chi connectivity index (χ0v) is 13.0. The molecule has 0 aromatic heterocycles. The first-order valence-corrected chi connectivity index (χ1v) is 7.33. The Balaban J connectivity index is 2.19. The maximum Gasteiger partial charge on any atom is 0.126 e. The van der Waals surface area contributed by atoms with Gasteiger partial charge in [-0.15, -0.1) is 0 Å². The Labute approximate surface area is 121 Å². The molecule has 0 spiro atoms. The number of aryl methyl sites for hydroxylation is 1. The van der Waals surface area contributed by atoms with Gasteiger partial charge in [-0.3, -0.25) is 0 Å². The molecule has 1 fully saturated rings. The summed E-state index contributed by atoms with van der Waals surface area (Å²) in [6, 6.07) is 3.35. The fourth-order valence-corrected chi connectivity index (χ4v) is 3.04. The normalized spacial score (nSPS) is 21.2. The molecule has 2 rings (SSSR count). The van der Waals surface area contributed by atoms with Gasteiger partial charge in [0.1, 0.15) is 5.82 Å². The summed E-state index contributed by atoms with van der Waals surface area (Å²) >= 11 is 0. The van der Waals surface area contributed by atoms with Crippen LogP contribution in [0.3, 0.4) is 0 Å². The first-order valence-electron chi connectivity index (χ1n) is 7.33. The van der Waals surface area contributed by atoms with Gasteiger partial charge < -0.3 is 15.5 Å². The fraction of sp³-hybridized carbons (Fsp3) is 0.625. The number of likely N-dealkylation sites (tertiary alicyclic amines) is 1. The summed E-state index contributed by atoms with van der Waals surface area (Å²) in [6.45, 7) is 7.01.